The molecule has 0 spiro atoms. The molecule has 19 aromatic rings. The van der Waals surface area contributed by atoms with E-state index in [0.717, 1.165) is 12.8 Å². The molecular formula is C116H107BrHfSi3Ti2. The molecular weight excluding hydrogens is 1830 g/mol. The van der Waals surface area contributed by atoms with Crippen molar-refractivity contribution in [2.45, 2.75) is 86.2 Å². The van der Waals surface area contributed by atoms with Crippen molar-refractivity contribution < 1.29 is 83.4 Å². The number of rotatable bonds is 9. The molecule has 0 fully saturated rings. The fourth-order valence-corrected chi connectivity index (χ4v) is 16.6. The van der Waals surface area contributed by atoms with Crippen LogP contribution in [0.1, 0.15) is 99.2 Å². The van der Waals surface area contributed by atoms with Crippen molar-refractivity contribution in [3.05, 3.63) is 452 Å². The Morgan fingerprint density at radius 2 is 0.626 bits per heavy atom. The molecule has 0 aliphatic heterocycles. The van der Waals surface area contributed by atoms with Crippen LogP contribution < -0.4 is 17.0 Å². The molecule has 2 unspecified atom stereocenters. The Morgan fingerprint density at radius 1 is 0.366 bits per heavy atom. The van der Waals surface area contributed by atoms with E-state index in [0.29, 0.717) is 11.8 Å². The number of hydrogen-bond donors (Lipinski definition) is 0. The first-order chi connectivity index (χ1) is 58.9. The average molecular weight is 1940 g/mol. The van der Waals surface area contributed by atoms with Crippen LogP contribution in [0.2, 0.25) is 13.1 Å². The summed E-state index contributed by atoms with van der Waals surface area (Å²) in [7, 11) is 3.10. The van der Waals surface area contributed by atoms with E-state index in [1.807, 2.05) is 50.6 Å². The Hall–Kier alpha value is -9.57. The quantitative estimate of drug-likeness (QED) is 0.0998. The number of fused-ring (bicyclic) bond motifs is 10. The predicted molar refractivity (Wildman–Crippen MR) is 537 cm³/mol. The summed E-state index contributed by atoms with van der Waals surface area (Å²) in [5, 5.41) is 21.2. The number of halogens is 1. The van der Waals surface area contributed by atoms with Gasteiger partial charge in [-0.3, -0.25) is 0 Å². The van der Waals surface area contributed by atoms with E-state index in [4.69, 9.17) is 0 Å². The minimum atomic E-state index is 0. The molecule has 2 aliphatic carbocycles. The standard InChI is InChI=1S/C41H31.2C21H17.2C9H7.C7H7Si.C3H7.C2H6Si.C2H5.CH3Si.BrH.Hf.2Ti/c1-26-23-40-34(32-17-7-13-28-11-3-5-15-30(28)32)19-9-21-36(40)38(26)25-39-27(2)24-41-35(20-10-22-37(39)41)33-18-8-14-29-12-4-6-16-31(29)33;2*1-2-15-13-17-9-6-12-20(21(17)14-15)19-11-5-8-16-7-3-4-10-18(16)19;2*1-2-5-9-7-3-6-8(9)4-1;8-6-7-4-2-1-3-5-7;2*1-3-2;2*1-2;;;;/h3-25,38-39H,1-2H3;2*3-14H,2H2,1H3;2*1-7H;1-5H,8H2;3H,1-2H3;1-2H3;1H2,2H3;1H,2H2;1H;;;/q7*-1;;2*-1;;+2;2*+4/p-1. The average Bonchev–Trinajstić information content (AvgIpc) is 1.52. The number of benzene rings is 15. The Morgan fingerprint density at radius 3 is 0.943 bits per heavy atom. The summed E-state index contributed by atoms with van der Waals surface area (Å²) in [6.45, 7) is 22.7. The van der Waals surface area contributed by atoms with Crippen LogP contribution in [-0.2, 0) is 79.3 Å². The molecule has 7 heteroatoms. The second kappa shape index (κ2) is 49.2. The van der Waals surface area contributed by atoms with Crippen molar-refractivity contribution in [1.29, 1.82) is 0 Å². The third kappa shape index (κ3) is 24.1. The van der Waals surface area contributed by atoms with E-state index in [1.54, 1.807) is 16.8 Å². The van der Waals surface area contributed by atoms with E-state index in [1.165, 1.54) is 214 Å². The van der Waals surface area contributed by atoms with Crippen LogP contribution in [0.15, 0.2) is 393 Å². The third-order valence-electron chi connectivity index (χ3n) is 21.9. The Balaban J connectivity index is 0.000000178. The number of aryl methyl sites for hydroxylation is 2. The fraction of sp³-hybridized carbons (Fsp3) is 0.112. The molecule has 0 aromatic heterocycles. The number of allylic oxidation sites excluding steroid dienone is 2. The number of hydrogen-bond acceptors (Lipinski definition) is 0. The molecule has 2 atom stereocenters. The van der Waals surface area contributed by atoms with Gasteiger partial charge in [-0.2, -0.15) is 91.3 Å². The van der Waals surface area contributed by atoms with Gasteiger partial charge in [0.1, 0.15) is 0 Å². The van der Waals surface area contributed by atoms with Crippen LogP contribution in [0.3, 0.4) is 0 Å². The maximum Gasteiger partial charge on any atom is 4.00 e. The molecule has 19 aromatic carbocycles. The monoisotopic (exact) mass is 1940 g/mol. The van der Waals surface area contributed by atoms with Gasteiger partial charge in [0.2, 0.25) is 0 Å². The Bertz CT molecular complexity index is 6230. The smallest absolute Gasteiger partial charge is 1.00 e. The van der Waals surface area contributed by atoms with Gasteiger partial charge in [0, 0.05) is 0 Å². The molecule has 0 N–H and O–H groups in total. The first-order valence-corrected chi connectivity index (χ1v) is 51.3. The summed E-state index contributed by atoms with van der Waals surface area (Å²) < 4.78 is 0. The van der Waals surface area contributed by atoms with Crippen LogP contribution in [-0.4, -0.2) is 37.1 Å². The van der Waals surface area contributed by atoms with E-state index < -0.39 is 0 Å². The summed E-state index contributed by atoms with van der Waals surface area (Å²) >= 11 is 1.45. The predicted octanol–water partition coefficient (Wildman–Crippen LogP) is 27.4. The minimum Gasteiger partial charge on any atom is -1.00 e. The molecule has 123 heavy (non-hydrogen) atoms. The van der Waals surface area contributed by atoms with Crippen LogP contribution in [0.5, 0.6) is 0 Å². The molecule has 0 amide bonds. The van der Waals surface area contributed by atoms with E-state index in [-0.39, 0.29) is 65.9 Å². The van der Waals surface area contributed by atoms with Gasteiger partial charge in [0.25, 0.3) is 0 Å². The molecule has 602 valence electrons. The second-order valence-corrected chi connectivity index (χ2v) is 43.3. The molecule has 0 saturated carbocycles. The van der Waals surface area contributed by atoms with Crippen molar-refractivity contribution in [2.24, 2.45) is 0 Å². The van der Waals surface area contributed by atoms with Crippen molar-refractivity contribution in [1.82, 2.24) is 0 Å². The molecule has 2 aliphatic rings. The normalized spacial score (nSPS) is 12.2. The van der Waals surface area contributed by atoms with Gasteiger partial charge in [-0.1, -0.05) is 306 Å². The molecule has 21 rings (SSSR count). The Labute approximate surface area is 793 Å². The summed E-state index contributed by atoms with van der Waals surface area (Å²) in [5.74, 6) is 0.584. The summed E-state index contributed by atoms with van der Waals surface area (Å²) in [6.07, 6.45) is 16.1. The first kappa shape index (κ1) is 97.2. The van der Waals surface area contributed by atoms with Gasteiger partial charge >= 0.3 is 85.0 Å². The van der Waals surface area contributed by atoms with Gasteiger partial charge in [-0.05, 0) is 114 Å². The maximum absolute atomic E-state index is 4.53. The first-order valence-electron chi connectivity index (χ1n) is 41.8. The van der Waals surface area contributed by atoms with Crippen LogP contribution in [0, 0.1) is 19.8 Å². The van der Waals surface area contributed by atoms with Crippen LogP contribution in [0.25, 0.3) is 143 Å². The largest absolute Gasteiger partial charge is 4.00 e. The zero-order valence-corrected chi connectivity index (χ0v) is 84.5. The fourth-order valence-electron chi connectivity index (χ4n) is 16.3. The van der Waals surface area contributed by atoms with Gasteiger partial charge in [0.15, 0.2) is 0 Å². The van der Waals surface area contributed by atoms with E-state index >= 15 is 0 Å². The second-order valence-electron chi connectivity index (χ2n) is 30.1. The Kier molecular flexibility index (Phi) is 38.9. The molecule has 0 radical (unpaired) electrons. The van der Waals surface area contributed by atoms with Gasteiger partial charge < -0.3 is 42.9 Å². The zero-order chi connectivity index (χ0) is 84.3. The van der Waals surface area contributed by atoms with Crippen molar-refractivity contribution in [2.75, 3.05) is 0 Å². The maximum atomic E-state index is 4.53. The van der Waals surface area contributed by atoms with Crippen LogP contribution in [0.4, 0.5) is 0 Å². The van der Waals surface area contributed by atoms with Gasteiger partial charge in [-0.25, -0.2) is 9.85 Å². The van der Waals surface area contributed by atoms with Crippen molar-refractivity contribution >= 4 is 135 Å². The molecule has 0 saturated heterocycles. The summed E-state index contributed by atoms with van der Waals surface area (Å²) in [4.78, 5) is 0. The van der Waals surface area contributed by atoms with E-state index in [9.17, 15) is 0 Å². The van der Waals surface area contributed by atoms with E-state index in [2.05, 4.69) is 430 Å². The molecule has 0 heterocycles. The van der Waals surface area contributed by atoms with Crippen molar-refractivity contribution in [3.8, 4) is 44.5 Å². The zero-order valence-electron chi connectivity index (χ0n) is 72.3. The van der Waals surface area contributed by atoms with Gasteiger partial charge in [0.05, 0.1) is 0 Å². The molecule has 0 nitrogen and oxygen atoms in total. The SMILES string of the molecule is CC1=Cc2c(-c3cccc4ccccc34)cccc2C1[CH-]C1C(C)=Cc2c(-c3cccc4ccccc34)cccc21.CCc1cc2c(-c3cccc4ccccc34)cccc2[cH-]1.CCc1cc2c(-c3cccc4ccccc34)cccc2[cH-]1.C[CH-]C.C[Si](C)=[Hf+2].[Br-].[CH-]=[SiH2].[CH2-]C.[SiH2]=[C-]c1ccccc1.[Ti+4].[Ti+4].c1ccc2[cH-]ccc2c1.c1ccc2[cH-]ccc2c1. The van der Waals surface area contributed by atoms with Crippen molar-refractivity contribution in [3.63, 3.8) is 0 Å². The topological polar surface area (TPSA) is 0 Å². The third-order valence-corrected chi connectivity index (χ3v) is 22.3. The molecule has 0 bridgehead atoms. The minimum absolute atomic E-state index is 0. The summed E-state index contributed by atoms with van der Waals surface area (Å²) in [5.41, 5.74) is 26.3. The van der Waals surface area contributed by atoms with Crippen LogP contribution >= 0.6 is 0 Å². The van der Waals surface area contributed by atoms with Gasteiger partial charge in [-0.15, -0.1) is 152 Å². The summed E-state index contributed by atoms with van der Waals surface area (Å²) in [6, 6.07) is 137.